The lowest BCUT2D eigenvalue weighted by Crippen LogP contribution is -2.37. The van der Waals surface area contributed by atoms with E-state index in [9.17, 15) is 4.79 Å². The summed E-state index contributed by atoms with van der Waals surface area (Å²) >= 11 is 4.75. The van der Waals surface area contributed by atoms with E-state index >= 15 is 0 Å². The molecule has 2 aliphatic rings. The molecule has 1 heterocycles. The minimum absolute atomic E-state index is 0.0713. The monoisotopic (exact) mass is 412 g/mol. The molecular formula is C25H20N2O2S. The van der Waals surface area contributed by atoms with Gasteiger partial charge in [0.05, 0.1) is 10.8 Å². The van der Waals surface area contributed by atoms with Crippen LogP contribution in [0.25, 0.3) is 11.1 Å². The van der Waals surface area contributed by atoms with Crippen molar-refractivity contribution < 1.29 is 9.53 Å². The van der Waals surface area contributed by atoms with Gasteiger partial charge < -0.3 is 9.64 Å². The van der Waals surface area contributed by atoms with Gasteiger partial charge in [-0.1, -0.05) is 60.7 Å². The zero-order valence-electron chi connectivity index (χ0n) is 16.4. The first kappa shape index (κ1) is 18.7. The highest BCUT2D eigenvalue weighted by Gasteiger charge is 2.30. The maximum atomic E-state index is 12.9. The number of amides is 1. The fourth-order valence-electron chi connectivity index (χ4n) is 4.58. The maximum Gasteiger partial charge on any atom is 0.410 e. The van der Waals surface area contributed by atoms with Crippen LogP contribution in [-0.4, -0.2) is 29.3 Å². The van der Waals surface area contributed by atoms with Crippen molar-refractivity contribution in [2.45, 2.75) is 18.9 Å². The van der Waals surface area contributed by atoms with Crippen LogP contribution >= 0.6 is 12.2 Å². The van der Waals surface area contributed by atoms with Crippen LogP contribution < -0.4 is 0 Å². The number of aliphatic imine (C=N–C) groups is 1. The second-order valence-corrected chi connectivity index (χ2v) is 7.78. The molecule has 1 aliphatic carbocycles. The number of carbonyl (C=O) groups excluding carboxylic acids is 1. The molecule has 0 saturated carbocycles. The van der Waals surface area contributed by atoms with E-state index in [1.54, 1.807) is 4.90 Å². The van der Waals surface area contributed by atoms with Crippen LogP contribution in [0, 0.1) is 0 Å². The Balaban J connectivity index is 1.32. The Kier molecular flexibility index (Phi) is 4.91. The van der Waals surface area contributed by atoms with E-state index in [4.69, 9.17) is 17.0 Å². The Hall–Kier alpha value is -3.27. The number of ether oxygens (including phenoxy) is 1. The average Bonchev–Trinajstić information content (AvgIpc) is 3.11. The second kappa shape index (κ2) is 7.86. The maximum absolute atomic E-state index is 12.9. The standard InChI is InChI=1S/C25H20N2O2S/c28-25(27-13-12-18-17(14-27)6-5-11-24(18)26-16-30)29-15-23-21-9-3-1-7-19(21)20-8-2-4-10-22(20)23/h1-11,23H,12-15H2. The predicted octanol–water partition coefficient (Wildman–Crippen LogP) is 5.73. The molecule has 148 valence electrons. The fraction of sp³-hybridized carbons (Fsp3) is 0.200. The van der Waals surface area contributed by atoms with Gasteiger partial charge in [0.1, 0.15) is 6.61 Å². The van der Waals surface area contributed by atoms with Crippen LogP contribution in [0.4, 0.5) is 10.5 Å². The van der Waals surface area contributed by atoms with Crippen molar-refractivity contribution in [1.82, 2.24) is 4.90 Å². The Labute approximate surface area is 180 Å². The van der Waals surface area contributed by atoms with Crippen LogP contribution in [-0.2, 0) is 17.7 Å². The highest BCUT2D eigenvalue weighted by Crippen LogP contribution is 2.44. The van der Waals surface area contributed by atoms with Crippen LogP contribution in [0.1, 0.15) is 28.2 Å². The van der Waals surface area contributed by atoms with Crippen LogP contribution in [0.2, 0.25) is 0 Å². The third kappa shape index (κ3) is 3.22. The summed E-state index contributed by atoms with van der Waals surface area (Å²) in [5.74, 6) is 0.0713. The van der Waals surface area contributed by atoms with E-state index in [2.05, 4.69) is 46.6 Å². The highest BCUT2D eigenvalue weighted by atomic mass is 32.1. The van der Waals surface area contributed by atoms with Gasteiger partial charge in [-0.25, -0.2) is 4.79 Å². The largest absolute Gasteiger partial charge is 0.448 e. The SMILES string of the molecule is O=C(OCC1c2ccccc2-c2ccccc21)N1CCc2c(cccc2N=C=S)C1. The molecule has 3 aromatic carbocycles. The summed E-state index contributed by atoms with van der Waals surface area (Å²) in [5, 5.41) is 2.44. The van der Waals surface area contributed by atoms with E-state index in [1.807, 2.05) is 30.3 Å². The molecule has 0 N–H and O–H groups in total. The number of isothiocyanates is 1. The number of thiocarbonyl (C=S) groups is 1. The topological polar surface area (TPSA) is 41.9 Å². The number of nitrogens with zero attached hydrogens (tertiary/aromatic N) is 2. The molecule has 4 nitrogen and oxygen atoms in total. The minimum Gasteiger partial charge on any atom is -0.448 e. The number of hydrogen-bond donors (Lipinski definition) is 0. The van der Waals surface area contributed by atoms with Crippen molar-refractivity contribution in [2.75, 3.05) is 13.2 Å². The summed E-state index contributed by atoms with van der Waals surface area (Å²) in [6.07, 6.45) is 0.460. The normalized spacial score (nSPS) is 14.3. The molecule has 0 fully saturated rings. The molecule has 0 atom stereocenters. The number of carbonyl (C=O) groups is 1. The van der Waals surface area contributed by atoms with Crippen molar-refractivity contribution in [3.05, 3.63) is 89.0 Å². The third-order valence-corrected chi connectivity index (χ3v) is 6.09. The Bertz CT molecular complexity index is 1140. The zero-order chi connectivity index (χ0) is 20.5. The van der Waals surface area contributed by atoms with Crippen LogP contribution in [0.5, 0.6) is 0 Å². The number of hydrogen-bond acceptors (Lipinski definition) is 4. The molecule has 0 spiro atoms. The molecule has 5 heteroatoms. The average molecular weight is 413 g/mol. The predicted molar refractivity (Wildman–Crippen MR) is 120 cm³/mol. The minimum atomic E-state index is -0.272. The van der Waals surface area contributed by atoms with Crippen molar-refractivity contribution in [3.8, 4) is 11.1 Å². The second-order valence-electron chi connectivity index (χ2n) is 7.59. The van der Waals surface area contributed by atoms with Crippen molar-refractivity contribution in [1.29, 1.82) is 0 Å². The van der Waals surface area contributed by atoms with Gasteiger partial charge in [0.15, 0.2) is 0 Å². The molecule has 0 aromatic heterocycles. The quantitative estimate of drug-likeness (QED) is 0.408. The van der Waals surface area contributed by atoms with Gasteiger partial charge in [-0.3, -0.25) is 0 Å². The lowest BCUT2D eigenvalue weighted by atomic mass is 9.98. The van der Waals surface area contributed by atoms with Gasteiger partial charge in [0.2, 0.25) is 0 Å². The number of benzene rings is 3. The fourth-order valence-corrected chi connectivity index (χ4v) is 4.68. The van der Waals surface area contributed by atoms with E-state index in [0.29, 0.717) is 19.7 Å². The van der Waals surface area contributed by atoms with Gasteiger partial charge in [-0.2, -0.15) is 4.99 Å². The first-order chi connectivity index (χ1) is 14.8. The summed E-state index contributed by atoms with van der Waals surface area (Å²) in [4.78, 5) is 18.8. The van der Waals surface area contributed by atoms with Crippen molar-refractivity contribution >= 4 is 29.2 Å². The van der Waals surface area contributed by atoms with E-state index in [0.717, 1.165) is 23.2 Å². The number of rotatable bonds is 3. The van der Waals surface area contributed by atoms with E-state index in [-0.39, 0.29) is 12.0 Å². The summed E-state index contributed by atoms with van der Waals surface area (Å²) in [6, 6.07) is 22.6. The number of fused-ring (bicyclic) bond motifs is 4. The third-order valence-electron chi connectivity index (χ3n) is 6.00. The molecular weight excluding hydrogens is 392 g/mol. The summed E-state index contributed by atoms with van der Waals surface area (Å²) in [7, 11) is 0. The van der Waals surface area contributed by atoms with Gasteiger partial charge in [0, 0.05) is 19.0 Å². The molecule has 0 saturated heterocycles. The van der Waals surface area contributed by atoms with E-state index < -0.39 is 0 Å². The van der Waals surface area contributed by atoms with Gasteiger partial charge >= 0.3 is 6.09 Å². The molecule has 1 amide bonds. The molecule has 0 unspecified atom stereocenters. The summed E-state index contributed by atoms with van der Waals surface area (Å²) in [5.41, 5.74) is 7.96. The first-order valence-electron chi connectivity index (χ1n) is 10.0. The van der Waals surface area contributed by atoms with Gasteiger partial charge in [0.25, 0.3) is 0 Å². The first-order valence-corrected chi connectivity index (χ1v) is 10.5. The summed E-state index contributed by atoms with van der Waals surface area (Å²) < 4.78 is 5.81. The Morgan fingerprint density at radius 3 is 2.43 bits per heavy atom. The lowest BCUT2D eigenvalue weighted by Gasteiger charge is -2.29. The Morgan fingerprint density at radius 1 is 1.03 bits per heavy atom. The Morgan fingerprint density at radius 2 is 1.73 bits per heavy atom. The van der Waals surface area contributed by atoms with Crippen LogP contribution in [0.3, 0.4) is 0 Å². The smallest absolute Gasteiger partial charge is 0.410 e. The molecule has 0 bridgehead atoms. The molecule has 1 aliphatic heterocycles. The molecule has 3 aromatic rings. The summed E-state index contributed by atoms with van der Waals surface area (Å²) in [6.45, 7) is 1.46. The highest BCUT2D eigenvalue weighted by molar-refractivity contribution is 7.78. The van der Waals surface area contributed by atoms with Crippen molar-refractivity contribution in [2.24, 2.45) is 4.99 Å². The van der Waals surface area contributed by atoms with Gasteiger partial charge in [-0.05, 0) is 58.1 Å². The lowest BCUT2D eigenvalue weighted by molar-refractivity contribution is 0.0954. The van der Waals surface area contributed by atoms with Crippen molar-refractivity contribution in [3.63, 3.8) is 0 Å². The molecule has 30 heavy (non-hydrogen) atoms. The van der Waals surface area contributed by atoms with E-state index in [1.165, 1.54) is 22.3 Å². The van der Waals surface area contributed by atoms with Gasteiger partial charge in [-0.15, -0.1) is 0 Å². The molecule has 0 radical (unpaired) electrons. The molecule has 5 rings (SSSR count). The zero-order valence-corrected chi connectivity index (χ0v) is 17.2. The van der Waals surface area contributed by atoms with Crippen LogP contribution in [0.15, 0.2) is 71.7 Å².